The summed E-state index contributed by atoms with van der Waals surface area (Å²) in [5, 5.41) is 30.3. The zero-order chi connectivity index (χ0) is 21.3. The van der Waals surface area contributed by atoms with Crippen molar-refractivity contribution in [3.63, 3.8) is 0 Å². The van der Waals surface area contributed by atoms with Crippen LogP contribution < -0.4 is 5.32 Å². The van der Waals surface area contributed by atoms with Gasteiger partial charge < -0.3 is 20.3 Å². The van der Waals surface area contributed by atoms with Crippen LogP contribution in [-0.2, 0) is 16.0 Å². The lowest BCUT2D eigenvalue weighted by Gasteiger charge is -2.32. The Morgan fingerprint density at radius 3 is 2.90 bits per heavy atom. The number of carbonyl (C=O) groups is 2. The Morgan fingerprint density at radius 2 is 2.20 bits per heavy atom. The first-order valence-electron chi connectivity index (χ1n) is 10.0. The molecule has 0 saturated heterocycles. The SMILES string of the molecule is C[C@@]1(O)C[C@@H]2C[C@H]1C[C@@H]2NC(=O)COCCc1cn(-c2cncc(C(=O)O)c2)nn1. The van der Waals surface area contributed by atoms with Gasteiger partial charge in [0.2, 0.25) is 5.91 Å². The lowest BCUT2D eigenvalue weighted by Crippen LogP contribution is -2.45. The standard InChI is InChI=1S/C20H25N5O5/c1-20(29)7-12-4-14(20)6-17(12)22-18(26)11-30-3-2-15-10-25(24-23-15)16-5-13(19(27)28)8-21-9-16/h5,8-10,12,14,17,29H,2-4,6-7,11H2,1H3,(H,22,26)(H,27,28)/t12-,14-,17-,20+/m0/s1. The molecule has 0 spiro atoms. The molecule has 2 bridgehead atoms. The van der Waals surface area contributed by atoms with Crippen LogP contribution in [0.3, 0.4) is 0 Å². The van der Waals surface area contributed by atoms with Gasteiger partial charge in [0.25, 0.3) is 0 Å². The first-order valence-corrected chi connectivity index (χ1v) is 10.0. The van der Waals surface area contributed by atoms with Gasteiger partial charge in [0.05, 0.1) is 41.5 Å². The Morgan fingerprint density at radius 1 is 1.37 bits per heavy atom. The molecule has 30 heavy (non-hydrogen) atoms. The molecule has 2 aromatic rings. The van der Waals surface area contributed by atoms with Crippen molar-refractivity contribution >= 4 is 11.9 Å². The number of rotatable bonds is 8. The predicted octanol–water partition coefficient (Wildman–Crippen LogP) is 0.585. The number of carboxylic acid groups (broad SMARTS) is 1. The van der Waals surface area contributed by atoms with Crippen molar-refractivity contribution in [2.75, 3.05) is 13.2 Å². The minimum atomic E-state index is -1.06. The summed E-state index contributed by atoms with van der Waals surface area (Å²) in [4.78, 5) is 27.1. The van der Waals surface area contributed by atoms with E-state index in [-0.39, 0.29) is 30.0 Å². The van der Waals surface area contributed by atoms with Gasteiger partial charge in [0.15, 0.2) is 0 Å². The minimum Gasteiger partial charge on any atom is -0.478 e. The van der Waals surface area contributed by atoms with Crippen molar-refractivity contribution in [1.29, 1.82) is 0 Å². The van der Waals surface area contributed by atoms with Crippen LogP contribution in [-0.4, -0.2) is 66.9 Å². The first-order chi connectivity index (χ1) is 14.3. The number of ether oxygens (including phenoxy) is 1. The molecule has 4 atom stereocenters. The fraction of sp³-hybridized carbons (Fsp3) is 0.550. The highest BCUT2D eigenvalue weighted by molar-refractivity contribution is 5.87. The zero-order valence-corrected chi connectivity index (χ0v) is 16.7. The molecule has 3 N–H and O–H groups in total. The fourth-order valence-electron chi connectivity index (χ4n) is 4.53. The van der Waals surface area contributed by atoms with Crippen LogP contribution in [0.5, 0.6) is 0 Å². The topological polar surface area (TPSA) is 139 Å². The van der Waals surface area contributed by atoms with E-state index in [0.717, 1.165) is 19.3 Å². The number of pyridine rings is 1. The van der Waals surface area contributed by atoms with Gasteiger partial charge in [-0.15, -0.1) is 5.10 Å². The molecule has 2 saturated carbocycles. The number of hydrogen-bond acceptors (Lipinski definition) is 7. The summed E-state index contributed by atoms with van der Waals surface area (Å²) in [5.41, 5.74) is 0.633. The van der Waals surface area contributed by atoms with Crippen LogP contribution in [0.1, 0.15) is 42.2 Å². The Kier molecular flexibility index (Phi) is 5.52. The number of hydrogen-bond donors (Lipinski definition) is 3. The molecule has 10 nitrogen and oxygen atoms in total. The van der Waals surface area contributed by atoms with E-state index in [2.05, 4.69) is 20.6 Å². The monoisotopic (exact) mass is 415 g/mol. The summed E-state index contributed by atoms with van der Waals surface area (Å²) in [6.45, 7) is 2.17. The molecule has 0 radical (unpaired) electrons. The summed E-state index contributed by atoms with van der Waals surface area (Å²) in [7, 11) is 0. The largest absolute Gasteiger partial charge is 0.478 e. The number of nitrogens with zero attached hydrogens (tertiary/aromatic N) is 4. The van der Waals surface area contributed by atoms with Gasteiger partial charge >= 0.3 is 5.97 Å². The second-order valence-corrected chi connectivity index (χ2v) is 8.36. The van der Waals surface area contributed by atoms with E-state index in [1.807, 2.05) is 6.92 Å². The number of amides is 1. The lowest BCUT2D eigenvalue weighted by atomic mass is 9.83. The molecular weight excluding hydrogens is 390 g/mol. The highest BCUT2D eigenvalue weighted by atomic mass is 16.5. The second kappa shape index (κ2) is 8.11. The van der Waals surface area contributed by atoms with Gasteiger partial charge in [-0.1, -0.05) is 5.21 Å². The van der Waals surface area contributed by atoms with Crippen molar-refractivity contribution in [1.82, 2.24) is 25.3 Å². The maximum absolute atomic E-state index is 12.1. The molecule has 2 fully saturated rings. The van der Waals surface area contributed by atoms with E-state index < -0.39 is 11.6 Å². The molecule has 0 aromatic carbocycles. The first kappa shape index (κ1) is 20.4. The Hall–Kier alpha value is -2.85. The molecule has 1 amide bonds. The van der Waals surface area contributed by atoms with Gasteiger partial charge in [-0.05, 0) is 44.1 Å². The molecule has 2 aromatic heterocycles. The molecular formula is C20H25N5O5. The Bertz CT molecular complexity index is 943. The van der Waals surface area contributed by atoms with Crippen molar-refractivity contribution in [2.24, 2.45) is 11.8 Å². The van der Waals surface area contributed by atoms with Crippen molar-refractivity contribution in [3.8, 4) is 5.69 Å². The third-order valence-corrected chi connectivity index (χ3v) is 6.11. The van der Waals surface area contributed by atoms with E-state index in [1.54, 1.807) is 6.20 Å². The molecule has 0 unspecified atom stereocenters. The van der Waals surface area contributed by atoms with Crippen LogP contribution in [0.15, 0.2) is 24.7 Å². The number of carbonyl (C=O) groups excluding carboxylic acids is 1. The van der Waals surface area contributed by atoms with Crippen LogP contribution in [0.4, 0.5) is 0 Å². The summed E-state index contributed by atoms with van der Waals surface area (Å²) in [6, 6.07) is 1.59. The minimum absolute atomic E-state index is 0.0248. The summed E-state index contributed by atoms with van der Waals surface area (Å²) < 4.78 is 6.92. The van der Waals surface area contributed by atoms with Crippen LogP contribution >= 0.6 is 0 Å². The number of aromatic carboxylic acids is 1. The molecule has 0 aliphatic heterocycles. The van der Waals surface area contributed by atoms with Crippen LogP contribution in [0.2, 0.25) is 0 Å². The summed E-state index contributed by atoms with van der Waals surface area (Å²) in [5.74, 6) is -0.597. The Labute approximate surface area is 173 Å². The van der Waals surface area contributed by atoms with Gasteiger partial charge in [-0.3, -0.25) is 9.78 Å². The maximum atomic E-state index is 12.1. The number of fused-ring (bicyclic) bond motifs is 2. The molecule has 4 rings (SSSR count). The number of nitrogens with one attached hydrogen (secondary N) is 1. The van der Waals surface area contributed by atoms with Crippen molar-refractivity contribution in [3.05, 3.63) is 35.9 Å². The van der Waals surface area contributed by atoms with E-state index in [4.69, 9.17) is 9.84 Å². The number of carboxylic acids is 1. The third-order valence-electron chi connectivity index (χ3n) is 6.11. The molecule has 2 aliphatic carbocycles. The van der Waals surface area contributed by atoms with E-state index in [9.17, 15) is 14.7 Å². The lowest BCUT2D eigenvalue weighted by molar-refractivity contribution is -0.127. The molecule has 2 heterocycles. The molecule has 10 heteroatoms. The van der Waals surface area contributed by atoms with E-state index in [1.165, 1.54) is 23.1 Å². The average molecular weight is 415 g/mol. The predicted molar refractivity (Wildman–Crippen MR) is 104 cm³/mol. The second-order valence-electron chi connectivity index (χ2n) is 8.36. The number of aromatic nitrogens is 4. The average Bonchev–Trinajstić information content (AvgIpc) is 3.39. The fourth-order valence-corrected chi connectivity index (χ4v) is 4.53. The Balaban J connectivity index is 1.20. The highest BCUT2D eigenvalue weighted by Crippen LogP contribution is 2.50. The molecule has 2 aliphatic rings. The number of aliphatic hydroxyl groups is 1. The zero-order valence-electron chi connectivity index (χ0n) is 16.7. The quantitative estimate of drug-likeness (QED) is 0.532. The van der Waals surface area contributed by atoms with E-state index in [0.29, 0.717) is 30.3 Å². The van der Waals surface area contributed by atoms with Gasteiger partial charge in [0.1, 0.15) is 6.61 Å². The van der Waals surface area contributed by atoms with Crippen LogP contribution in [0, 0.1) is 11.8 Å². The normalized spacial score (nSPS) is 27.3. The van der Waals surface area contributed by atoms with Gasteiger partial charge in [0, 0.05) is 18.7 Å². The van der Waals surface area contributed by atoms with Gasteiger partial charge in [-0.25, -0.2) is 9.48 Å². The van der Waals surface area contributed by atoms with Gasteiger partial charge in [-0.2, -0.15) is 0 Å². The van der Waals surface area contributed by atoms with Crippen molar-refractivity contribution in [2.45, 2.75) is 44.2 Å². The summed E-state index contributed by atoms with van der Waals surface area (Å²) >= 11 is 0. The highest BCUT2D eigenvalue weighted by Gasteiger charge is 2.51. The van der Waals surface area contributed by atoms with E-state index >= 15 is 0 Å². The maximum Gasteiger partial charge on any atom is 0.337 e. The smallest absolute Gasteiger partial charge is 0.337 e. The van der Waals surface area contributed by atoms with Crippen LogP contribution in [0.25, 0.3) is 5.69 Å². The molecule has 160 valence electrons. The van der Waals surface area contributed by atoms with Crippen molar-refractivity contribution < 1.29 is 24.5 Å². The summed E-state index contributed by atoms with van der Waals surface area (Å²) in [6.07, 6.45) is 7.44. The third kappa shape index (κ3) is 4.34.